The molecule has 2 unspecified atom stereocenters. The van der Waals surface area contributed by atoms with Gasteiger partial charge in [0.05, 0.1) is 28.4 Å². The minimum absolute atomic E-state index is 0.314. The van der Waals surface area contributed by atoms with Crippen LogP contribution in [0.2, 0.25) is 0 Å². The molecule has 0 radical (unpaired) electrons. The lowest BCUT2D eigenvalue weighted by Gasteiger charge is -2.20. The molecule has 0 fully saturated rings. The smallest absolute Gasteiger partial charge is 0.126 e. The number of methoxy groups -OCH3 is 4. The summed E-state index contributed by atoms with van der Waals surface area (Å²) in [5, 5.41) is 0. The molecule has 0 saturated heterocycles. The van der Waals surface area contributed by atoms with Crippen molar-refractivity contribution in [3.63, 3.8) is 0 Å². The first-order valence-corrected chi connectivity index (χ1v) is 9.58. The van der Waals surface area contributed by atoms with E-state index in [0.29, 0.717) is 11.8 Å². The zero-order chi connectivity index (χ0) is 19.7. The van der Waals surface area contributed by atoms with Gasteiger partial charge in [0, 0.05) is 34.1 Å². The van der Waals surface area contributed by atoms with Crippen LogP contribution in [0, 0.1) is 0 Å². The number of fused-ring (bicyclic) bond motifs is 2. The van der Waals surface area contributed by atoms with Crippen molar-refractivity contribution in [1.29, 1.82) is 0 Å². The zero-order valence-electron chi connectivity index (χ0n) is 16.8. The Morgan fingerprint density at radius 3 is 1.29 bits per heavy atom. The molecular weight excluding hydrogens is 352 g/mol. The fourth-order valence-electron chi connectivity index (χ4n) is 4.47. The first kappa shape index (κ1) is 18.5. The van der Waals surface area contributed by atoms with Gasteiger partial charge in [0.1, 0.15) is 23.0 Å². The van der Waals surface area contributed by atoms with Crippen LogP contribution in [0.25, 0.3) is 12.2 Å². The van der Waals surface area contributed by atoms with Crippen molar-refractivity contribution >= 4 is 12.2 Å². The van der Waals surface area contributed by atoms with Gasteiger partial charge in [-0.3, -0.25) is 0 Å². The first-order chi connectivity index (χ1) is 13.7. The highest BCUT2D eigenvalue weighted by molar-refractivity contribution is 5.73. The summed E-state index contributed by atoms with van der Waals surface area (Å²) in [5.74, 6) is 4.27. The summed E-state index contributed by atoms with van der Waals surface area (Å²) in [7, 11) is 6.88. The third-order valence-electron chi connectivity index (χ3n) is 5.81. The third-order valence-corrected chi connectivity index (χ3v) is 5.81. The van der Waals surface area contributed by atoms with Crippen LogP contribution in [-0.4, -0.2) is 28.4 Å². The maximum Gasteiger partial charge on any atom is 0.126 e. The summed E-state index contributed by atoms with van der Waals surface area (Å²) in [4.78, 5) is 0. The van der Waals surface area contributed by atoms with Gasteiger partial charge in [0.25, 0.3) is 0 Å². The molecular formula is C24H26O4. The van der Waals surface area contributed by atoms with Crippen LogP contribution >= 0.6 is 0 Å². The molecule has 0 bridgehead atoms. The van der Waals surface area contributed by atoms with E-state index in [9.17, 15) is 0 Å². The number of rotatable bonds is 7. The lowest BCUT2D eigenvalue weighted by atomic mass is 9.88. The average molecular weight is 378 g/mol. The molecule has 0 aromatic heterocycles. The first-order valence-electron chi connectivity index (χ1n) is 9.58. The van der Waals surface area contributed by atoms with E-state index in [4.69, 9.17) is 18.9 Å². The lowest BCUT2D eigenvalue weighted by molar-refractivity contribution is 0.394. The van der Waals surface area contributed by atoms with E-state index in [1.54, 1.807) is 28.4 Å². The molecule has 2 aromatic carbocycles. The average Bonchev–Trinajstić information content (AvgIpc) is 3.35. The van der Waals surface area contributed by atoms with E-state index in [2.05, 4.69) is 24.3 Å². The van der Waals surface area contributed by atoms with E-state index >= 15 is 0 Å². The SMILES string of the molecule is COc1ccc(OC)c2c1C=CC2CCC1C=Cc2c(OC)ccc(OC)c21. The summed E-state index contributed by atoms with van der Waals surface area (Å²) < 4.78 is 22.3. The van der Waals surface area contributed by atoms with E-state index in [0.717, 1.165) is 47.0 Å². The lowest BCUT2D eigenvalue weighted by Crippen LogP contribution is -2.03. The van der Waals surface area contributed by atoms with Gasteiger partial charge in [-0.15, -0.1) is 0 Å². The van der Waals surface area contributed by atoms with Crippen molar-refractivity contribution in [3.05, 3.63) is 58.7 Å². The van der Waals surface area contributed by atoms with Gasteiger partial charge in [-0.1, -0.05) is 24.3 Å². The molecule has 0 aliphatic heterocycles. The van der Waals surface area contributed by atoms with Crippen LogP contribution in [-0.2, 0) is 0 Å². The van der Waals surface area contributed by atoms with Crippen LogP contribution in [0.4, 0.5) is 0 Å². The highest BCUT2D eigenvalue weighted by Crippen LogP contribution is 2.48. The van der Waals surface area contributed by atoms with Gasteiger partial charge in [-0.2, -0.15) is 0 Å². The second kappa shape index (κ2) is 7.63. The summed E-state index contributed by atoms with van der Waals surface area (Å²) in [6, 6.07) is 7.93. The van der Waals surface area contributed by atoms with Crippen molar-refractivity contribution in [2.45, 2.75) is 24.7 Å². The molecule has 4 heteroatoms. The largest absolute Gasteiger partial charge is 0.496 e. The fourth-order valence-corrected chi connectivity index (χ4v) is 4.47. The Balaban J connectivity index is 1.59. The molecule has 0 spiro atoms. The topological polar surface area (TPSA) is 36.9 Å². The maximum atomic E-state index is 5.64. The summed E-state index contributed by atoms with van der Waals surface area (Å²) in [6.45, 7) is 0. The summed E-state index contributed by atoms with van der Waals surface area (Å²) >= 11 is 0. The van der Waals surface area contributed by atoms with Crippen molar-refractivity contribution in [2.75, 3.05) is 28.4 Å². The Morgan fingerprint density at radius 1 is 0.571 bits per heavy atom. The van der Waals surface area contributed by atoms with Crippen molar-refractivity contribution < 1.29 is 18.9 Å². The molecule has 4 rings (SSSR count). The van der Waals surface area contributed by atoms with E-state index < -0.39 is 0 Å². The molecule has 0 heterocycles. The summed E-state index contributed by atoms with van der Waals surface area (Å²) in [5.41, 5.74) is 4.71. The highest BCUT2D eigenvalue weighted by Gasteiger charge is 2.28. The predicted molar refractivity (Wildman–Crippen MR) is 112 cm³/mol. The number of allylic oxidation sites excluding steroid dienone is 2. The van der Waals surface area contributed by atoms with Gasteiger partial charge in [0.2, 0.25) is 0 Å². The van der Waals surface area contributed by atoms with Crippen molar-refractivity contribution in [1.82, 2.24) is 0 Å². The molecule has 2 aliphatic rings. The Labute approximate surface area is 166 Å². The minimum Gasteiger partial charge on any atom is -0.496 e. The Hall–Kier alpha value is -2.88. The van der Waals surface area contributed by atoms with E-state index in [1.165, 1.54) is 11.1 Å². The molecule has 0 amide bonds. The van der Waals surface area contributed by atoms with Gasteiger partial charge < -0.3 is 18.9 Å². The molecule has 28 heavy (non-hydrogen) atoms. The Bertz CT molecular complexity index is 865. The molecule has 0 N–H and O–H groups in total. The van der Waals surface area contributed by atoms with E-state index in [1.807, 2.05) is 24.3 Å². The number of ether oxygens (including phenoxy) is 4. The minimum atomic E-state index is 0.314. The Kier molecular flexibility index (Phi) is 5.03. The van der Waals surface area contributed by atoms with Crippen LogP contribution < -0.4 is 18.9 Å². The predicted octanol–water partition coefficient (Wildman–Crippen LogP) is 5.42. The molecule has 2 atom stereocenters. The molecule has 0 saturated carbocycles. The van der Waals surface area contributed by atoms with Crippen molar-refractivity contribution in [3.8, 4) is 23.0 Å². The molecule has 2 aromatic rings. The maximum absolute atomic E-state index is 5.64. The fraction of sp³-hybridized carbons (Fsp3) is 0.333. The highest BCUT2D eigenvalue weighted by atomic mass is 16.5. The Morgan fingerprint density at radius 2 is 0.929 bits per heavy atom. The van der Waals surface area contributed by atoms with Crippen LogP contribution in [0.3, 0.4) is 0 Å². The zero-order valence-corrected chi connectivity index (χ0v) is 16.8. The van der Waals surface area contributed by atoms with Crippen LogP contribution in [0.1, 0.15) is 46.9 Å². The van der Waals surface area contributed by atoms with Crippen LogP contribution in [0.15, 0.2) is 36.4 Å². The normalized spacial score (nSPS) is 18.7. The number of benzene rings is 2. The van der Waals surface area contributed by atoms with Crippen molar-refractivity contribution in [2.24, 2.45) is 0 Å². The molecule has 2 aliphatic carbocycles. The van der Waals surface area contributed by atoms with Gasteiger partial charge in [0.15, 0.2) is 0 Å². The van der Waals surface area contributed by atoms with Gasteiger partial charge >= 0.3 is 0 Å². The second-order valence-corrected chi connectivity index (χ2v) is 7.10. The molecule has 4 nitrogen and oxygen atoms in total. The third kappa shape index (κ3) is 2.93. The van der Waals surface area contributed by atoms with E-state index in [-0.39, 0.29) is 0 Å². The van der Waals surface area contributed by atoms with Crippen LogP contribution in [0.5, 0.6) is 23.0 Å². The van der Waals surface area contributed by atoms with Gasteiger partial charge in [-0.25, -0.2) is 0 Å². The molecule has 146 valence electrons. The standard InChI is InChI=1S/C24H26O4/c1-25-19-11-13-21(27-3)23-15(7-9-17(19)23)5-6-16-8-10-18-20(26-2)12-14-22(28-4)24(16)18/h7-16H,5-6H2,1-4H3. The number of hydrogen-bond acceptors (Lipinski definition) is 4. The quantitative estimate of drug-likeness (QED) is 0.644. The second-order valence-electron chi connectivity index (χ2n) is 7.10. The number of hydrogen-bond donors (Lipinski definition) is 0. The summed E-state index contributed by atoms with van der Waals surface area (Å²) in [6.07, 6.45) is 10.9. The monoisotopic (exact) mass is 378 g/mol. The van der Waals surface area contributed by atoms with Gasteiger partial charge in [-0.05, 0) is 37.1 Å².